The van der Waals surface area contributed by atoms with Crippen molar-refractivity contribution in [1.82, 2.24) is 26.4 Å². The van der Waals surface area contributed by atoms with E-state index in [4.69, 9.17) is 28.4 Å². The third-order valence-electron chi connectivity index (χ3n) is 18.0. The molecule has 4 amide bonds. The van der Waals surface area contributed by atoms with Crippen LogP contribution in [0.2, 0.25) is 0 Å². The van der Waals surface area contributed by atoms with Gasteiger partial charge in [-0.15, -0.1) is 0 Å². The van der Waals surface area contributed by atoms with E-state index >= 15 is 0 Å². The van der Waals surface area contributed by atoms with Gasteiger partial charge < -0.3 is 44.4 Å². The van der Waals surface area contributed by atoms with Crippen LogP contribution in [0.15, 0.2) is 72.4 Å². The van der Waals surface area contributed by atoms with Crippen LogP contribution in [0, 0.1) is 47.3 Å². The molecule has 19 heteroatoms. The van der Waals surface area contributed by atoms with Crippen molar-refractivity contribution in [1.29, 1.82) is 0 Å². The smallest absolute Gasteiger partial charge is 0.325 e. The van der Waals surface area contributed by atoms with Crippen molar-refractivity contribution in [2.24, 2.45) is 47.3 Å². The number of nitrogens with zero attached hydrogens (tertiary/aromatic N) is 1. The summed E-state index contributed by atoms with van der Waals surface area (Å²) in [6.07, 6.45) is 15.5. The Bertz CT molecular complexity index is 2670. The minimum atomic E-state index is -1.18. The largest absolute Gasteiger partial charge is 0.462 e. The van der Waals surface area contributed by atoms with Gasteiger partial charge >= 0.3 is 17.9 Å². The number of carbonyl (C=O) groups excluding carboxylic acids is 8. The van der Waals surface area contributed by atoms with E-state index in [0.29, 0.717) is 63.4 Å². The van der Waals surface area contributed by atoms with E-state index in [1.807, 2.05) is 112 Å². The number of fused-ring (bicyclic) bond motifs is 4. The van der Waals surface area contributed by atoms with Crippen LogP contribution in [0.25, 0.3) is 0 Å². The molecular formula is C64H91N5O14. The maximum atomic E-state index is 14.8. The van der Waals surface area contributed by atoms with Crippen molar-refractivity contribution >= 4 is 47.3 Å². The quantitative estimate of drug-likeness (QED) is 0.0796. The van der Waals surface area contributed by atoms with Gasteiger partial charge in [-0.05, 0) is 93.9 Å². The summed E-state index contributed by atoms with van der Waals surface area (Å²) >= 11 is 0. The predicted molar refractivity (Wildman–Crippen MR) is 309 cm³/mol. The van der Waals surface area contributed by atoms with E-state index < -0.39 is 108 Å². The lowest BCUT2D eigenvalue weighted by molar-refractivity contribution is -0.344. The highest BCUT2D eigenvalue weighted by atomic mass is 16.7. The zero-order valence-electron chi connectivity index (χ0n) is 50.7. The fourth-order valence-electron chi connectivity index (χ4n) is 12.8. The van der Waals surface area contributed by atoms with E-state index in [-0.39, 0.29) is 72.3 Å². The lowest BCUT2D eigenvalue weighted by atomic mass is 9.70. The first-order chi connectivity index (χ1) is 39.3. The van der Waals surface area contributed by atoms with Crippen LogP contribution in [0.4, 0.5) is 0 Å². The summed E-state index contributed by atoms with van der Waals surface area (Å²) < 4.78 is 37.4. The second-order valence-corrected chi connectivity index (χ2v) is 24.7. The number of hydrazine groups is 1. The Morgan fingerprint density at radius 1 is 0.916 bits per heavy atom. The molecule has 1 aromatic carbocycles. The molecule has 7 rings (SSSR count). The van der Waals surface area contributed by atoms with Crippen LogP contribution in [0.3, 0.4) is 0 Å². The summed E-state index contributed by atoms with van der Waals surface area (Å²) in [5, 5.41) is 10.4. The lowest BCUT2D eigenvalue weighted by Gasteiger charge is -2.54. The number of esters is 3. The van der Waals surface area contributed by atoms with E-state index in [1.165, 1.54) is 18.9 Å². The Morgan fingerprint density at radius 2 is 1.67 bits per heavy atom. The first-order valence-electron chi connectivity index (χ1n) is 30.2. The second kappa shape index (κ2) is 28.2. The number of allylic oxidation sites excluding steroid dienone is 5. The number of nitrogens with one attached hydrogen (secondary N) is 4. The number of hydrogen-bond donors (Lipinski definition) is 4. The van der Waals surface area contributed by atoms with Crippen molar-refractivity contribution < 1.29 is 66.8 Å². The zero-order chi connectivity index (χ0) is 60.5. The van der Waals surface area contributed by atoms with Gasteiger partial charge in [0.2, 0.25) is 17.7 Å². The molecule has 456 valence electrons. The molecule has 17 atom stereocenters. The molecule has 5 bridgehead atoms. The second-order valence-electron chi connectivity index (χ2n) is 24.7. The SMILES string of the molecule is CC[C@H]1C[C@H](C)[C@@]2(NC1=O)O[C@@H](C[C@H](OC(C)=O)[C@@H](C)CC/C=C/C=C(\C)[C@@H]1C/C=C\C=C/[C@@H]3O[C@@]4(C)CC[C@@H](C(=O)N[C@@H](C(C)C)C(=O)N[C@@H](Cc5cccc(OC(C)=O)c5)C(=O)N5CCC[C@H](N5)C(=O)O1)[C@H](O4)[C@H]3C)[C@H](C)C(=O)[C@@H]2C. The van der Waals surface area contributed by atoms with Crippen molar-refractivity contribution in [2.75, 3.05) is 6.54 Å². The van der Waals surface area contributed by atoms with Gasteiger partial charge in [-0.1, -0.05) is 110 Å². The van der Waals surface area contributed by atoms with E-state index in [1.54, 1.807) is 24.3 Å². The third kappa shape index (κ3) is 15.8. The molecule has 0 radical (unpaired) electrons. The summed E-state index contributed by atoms with van der Waals surface area (Å²) in [4.78, 5) is 109. The Morgan fingerprint density at radius 3 is 2.39 bits per heavy atom. The number of hydrogen-bond acceptors (Lipinski definition) is 15. The fraction of sp³-hybridized carbons (Fsp3) is 0.656. The number of piperidine rings is 1. The number of Topliss-reactive ketones (excluding diaryl/α,β-unsaturated/α-hetero) is 1. The van der Waals surface area contributed by atoms with E-state index in [0.717, 1.165) is 5.57 Å². The number of amides is 4. The Labute approximate surface area is 490 Å². The molecular weight excluding hydrogens is 1060 g/mol. The molecule has 19 nitrogen and oxygen atoms in total. The zero-order valence-corrected chi connectivity index (χ0v) is 50.7. The molecule has 5 fully saturated rings. The van der Waals surface area contributed by atoms with Crippen LogP contribution in [0.1, 0.15) is 153 Å². The van der Waals surface area contributed by atoms with Gasteiger partial charge in [0.15, 0.2) is 11.5 Å². The lowest BCUT2D eigenvalue weighted by Crippen LogP contribution is -2.70. The number of carbonyl (C=O) groups is 8. The number of cyclic esters (lactones) is 1. The molecule has 5 saturated heterocycles. The normalized spacial score (nSPS) is 35.5. The van der Waals surface area contributed by atoms with Crippen molar-refractivity contribution in [2.45, 2.75) is 214 Å². The van der Waals surface area contributed by atoms with E-state index in [9.17, 15) is 38.4 Å². The van der Waals surface area contributed by atoms with Gasteiger partial charge in [-0.25, -0.2) is 5.43 Å². The third-order valence-corrected chi connectivity index (χ3v) is 18.0. The van der Waals surface area contributed by atoms with Gasteiger partial charge in [0.05, 0.1) is 30.1 Å². The molecule has 4 N–H and O–H groups in total. The average molecular weight is 1150 g/mol. The highest BCUT2D eigenvalue weighted by Crippen LogP contribution is 2.46. The Balaban J connectivity index is 1.10. The summed E-state index contributed by atoms with van der Waals surface area (Å²) in [6.45, 7) is 22.0. The van der Waals surface area contributed by atoms with Crippen molar-refractivity contribution in [3.05, 3.63) is 77.9 Å². The highest BCUT2D eigenvalue weighted by Gasteiger charge is 2.58. The summed E-state index contributed by atoms with van der Waals surface area (Å²) in [7, 11) is 0. The van der Waals surface area contributed by atoms with Gasteiger partial charge in [-0.2, -0.15) is 0 Å². The molecule has 6 aliphatic heterocycles. The molecule has 6 heterocycles. The molecule has 0 aliphatic carbocycles. The molecule has 6 aliphatic rings. The van der Waals surface area contributed by atoms with Crippen LogP contribution < -0.4 is 26.1 Å². The van der Waals surface area contributed by atoms with Gasteiger partial charge in [0, 0.05) is 69.7 Å². The first-order valence-corrected chi connectivity index (χ1v) is 30.2. The predicted octanol–water partition coefficient (Wildman–Crippen LogP) is 7.61. The first kappa shape index (κ1) is 64.5. The Kier molecular flexibility index (Phi) is 22.0. The topological polar surface area (TPSA) is 243 Å². The molecule has 0 aromatic heterocycles. The number of ether oxygens (including phenoxy) is 6. The summed E-state index contributed by atoms with van der Waals surface area (Å²) in [5.74, 6) is -6.32. The number of ketones is 1. The maximum Gasteiger partial charge on any atom is 0.325 e. The summed E-state index contributed by atoms with van der Waals surface area (Å²) in [6, 6.07) is 3.57. The minimum Gasteiger partial charge on any atom is -0.462 e. The highest BCUT2D eigenvalue weighted by molar-refractivity contribution is 5.93. The molecule has 0 unspecified atom stereocenters. The Hall–Kier alpha value is -6.02. The van der Waals surface area contributed by atoms with Crippen molar-refractivity contribution in [3.8, 4) is 5.75 Å². The number of rotatable bonds is 14. The van der Waals surface area contributed by atoms with Crippen LogP contribution in [0.5, 0.6) is 5.75 Å². The average Bonchev–Trinajstić information content (AvgIpc) is 1.65. The van der Waals surface area contributed by atoms with Crippen LogP contribution >= 0.6 is 0 Å². The van der Waals surface area contributed by atoms with Crippen LogP contribution in [-0.2, 0) is 68.5 Å². The van der Waals surface area contributed by atoms with Gasteiger partial charge in [0.25, 0.3) is 5.91 Å². The monoisotopic (exact) mass is 1150 g/mol. The molecule has 0 saturated carbocycles. The van der Waals surface area contributed by atoms with Crippen LogP contribution in [-0.4, -0.2) is 119 Å². The molecule has 83 heavy (non-hydrogen) atoms. The molecule has 1 spiro atoms. The van der Waals surface area contributed by atoms with Crippen molar-refractivity contribution in [3.63, 3.8) is 0 Å². The van der Waals surface area contributed by atoms with E-state index in [2.05, 4.69) is 21.4 Å². The maximum absolute atomic E-state index is 14.8. The summed E-state index contributed by atoms with van der Waals surface area (Å²) in [5.41, 5.74) is 3.31. The minimum absolute atomic E-state index is 0.00930. The molecule has 1 aromatic rings. The van der Waals surface area contributed by atoms with Gasteiger partial charge in [-0.3, -0.25) is 43.4 Å². The number of benzene rings is 1. The standard InChI is InChI=1S/C64H91N5O14/c1-13-46-32-39(6)64(67-58(46)73)42(9)56(72)40(7)54(82-64)35-53(79-44(11)71)38(5)23-17-14-16-22-37(4)51-27-18-15-19-28-52-41(8)57-48(29-30-63(12,81-52)83-57)59(74)66-55(36(2)3)60(75)65-50(34-45-24-20-25-47(33-45)78-43(10)70)61(76)69-31-21-26-49(68-69)62(77)80-51/h14-16,18-20,22,24-25,28,33,36,38-42,46,48-55,57,68H,13,17,21,23,26-27,29-32,34-35H2,1-12H3,(H,65,75)(H,66,74)(H,67,73)/b16-14+,18-15-,28-19-,37-22+/t38-,39-,40-,41-,42-,46-,48+,49-,50-,51-,52-,53-,54-,55-,57+,63+,64+/m0/s1. The fourth-order valence-corrected chi connectivity index (χ4v) is 12.8. The van der Waals surface area contributed by atoms with Gasteiger partial charge in [0.1, 0.15) is 41.9 Å².